The predicted octanol–water partition coefficient (Wildman–Crippen LogP) is 4.25. The van der Waals surface area contributed by atoms with Crippen molar-refractivity contribution in [3.63, 3.8) is 0 Å². The van der Waals surface area contributed by atoms with Crippen molar-refractivity contribution in [1.82, 2.24) is 15.0 Å². The summed E-state index contributed by atoms with van der Waals surface area (Å²) in [6, 6.07) is 5.84. The van der Waals surface area contributed by atoms with E-state index in [9.17, 15) is 4.79 Å². The Kier molecular flexibility index (Phi) is 4.39. The number of aryl methyl sites for hydroxylation is 1. The molecule has 1 N–H and O–H groups in total. The smallest absolute Gasteiger partial charge is 0.257 e. The Labute approximate surface area is 139 Å². The number of thiazole rings is 1. The molecule has 3 aromatic heterocycles. The van der Waals surface area contributed by atoms with Gasteiger partial charge in [0.2, 0.25) is 0 Å². The first-order valence-electron chi connectivity index (χ1n) is 7.72. The summed E-state index contributed by atoms with van der Waals surface area (Å²) in [5.41, 5.74) is 4.51. The first-order valence-corrected chi connectivity index (χ1v) is 8.60. The normalized spacial score (nSPS) is 11.1. The Bertz CT molecular complexity index is 865. The van der Waals surface area contributed by atoms with Gasteiger partial charge in [-0.15, -0.1) is 11.3 Å². The van der Waals surface area contributed by atoms with Crippen LogP contribution >= 0.6 is 11.3 Å². The second-order valence-corrected chi connectivity index (χ2v) is 6.59. The number of aromatic amines is 1. The summed E-state index contributed by atoms with van der Waals surface area (Å²) in [5.74, 6) is 0.360. The SMILES string of the molecule is CCc1[nH]c(=O)c(-c2csc(-c3ccncc3)n2)cc1C(C)C. The van der Waals surface area contributed by atoms with E-state index in [1.807, 2.05) is 23.6 Å². The van der Waals surface area contributed by atoms with Gasteiger partial charge in [-0.2, -0.15) is 0 Å². The molecule has 3 rings (SSSR count). The Hall–Kier alpha value is -2.27. The summed E-state index contributed by atoms with van der Waals surface area (Å²) in [6.45, 7) is 6.33. The van der Waals surface area contributed by atoms with Gasteiger partial charge in [0.15, 0.2) is 0 Å². The maximum Gasteiger partial charge on any atom is 0.257 e. The minimum absolute atomic E-state index is 0.0715. The molecule has 0 aliphatic carbocycles. The van der Waals surface area contributed by atoms with Crippen molar-refractivity contribution >= 4 is 11.3 Å². The van der Waals surface area contributed by atoms with Gasteiger partial charge in [-0.3, -0.25) is 9.78 Å². The number of hydrogen-bond donors (Lipinski definition) is 1. The van der Waals surface area contributed by atoms with Crippen LogP contribution in [0.5, 0.6) is 0 Å². The third kappa shape index (κ3) is 3.10. The van der Waals surface area contributed by atoms with Crippen LogP contribution in [0.4, 0.5) is 0 Å². The standard InChI is InChI=1S/C18H19N3OS/c1-4-15-13(11(2)3)9-14(17(22)20-15)16-10-23-18(21-16)12-5-7-19-8-6-12/h5-11H,4H2,1-3H3,(H,20,22). The molecule has 0 atom stereocenters. The number of aromatic nitrogens is 3. The zero-order valence-electron chi connectivity index (χ0n) is 13.5. The molecule has 118 valence electrons. The molecule has 3 heterocycles. The van der Waals surface area contributed by atoms with Crippen molar-refractivity contribution in [1.29, 1.82) is 0 Å². The molecule has 0 amide bonds. The fourth-order valence-corrected chi connectivity index (χ4v) is 3.43. The van der Waals surface area contributed by atoms with Crippen LogP contribution in [0.15, 0.2) is 40.8 Å². The molecule has 0 aromatic carbocycles. The van der Waals surface area contributed by atoms with E-state index in [1.165, 1.54) is 16.9 Å². The second kappa shape index (κ2) is 6.46. The van der Waals surface area contributed by atoms with E-state index < -0.39 is 0 Å². The summed E-state index contributed by atoms with van der Waals surface area (Å²) >= 11 is 1.54. The molecule has 4 nitrogen and oxygen atoms in total. The third-order valence-corrected chi connectivity index (χ3v) is 4.73. The lowest BCUT2D eigenvalue weighted by Crippen LogP contribution is -2.14. The summed E-state index contributed by atoms with van der Waals surface area (Å²) in [6.07, 6.45) is 4.31. The molecule has 23 heavy (non-hydrogen) atoms. The van der Waals surface area contributed by atoms with Crippen LogP contribution in [0.2, 0.25) is 0 Å². The fraction of sp³-hybridized carbons (Fsp3) is 0.278. The van der Waals surface area contributed by atoms with E-state index in [4.69, 9.17) is 0 Å². The fourth-order valence-electron chi connectivity index (χ4n) is 2.61. The molecule has 0 aliphatic heterocycles. The molecule has 0 saturated heterocycles. The Morgan fingerprint density at radius 2 is 2.00 bits per heavy atom. The van der Waals surface area contributed by atoms with Gasteiger partial charge in [0.05, 0.1) is 11.3 Å². The lowest BCUT2D eigenvalue weighted by molar-refractivity contribution is 0.820. The zero-order valence-corrected chi connectivity index (χ0v) is 14.3. The minimum Gasteiger partial charge on any atom is -0.325 e. The van der Waals surface area contributed by atoms with E-state index in [0.717, 1.165) is 28.4 Å². The third-order valence-electron chi connectivity index (χ3n) is 3.84. The van der Waals surface area contributed by atoms with Gasteiger partial charge in [-0.05, 0) is 36.1 Å². The van der Waals surface area contributed by atoms with Crippen molar-refractivity contribution in [2.75, 3.05) is 0 Å². The molecule has 0 fully saturated rings. The molecule has 0 radical (unpaired) electrons. The monoisotopic (exact) mass is 325 g/mol. The number of nitrogens with one attached hydrogen (secondary N) is 1. The number of nitrogens with zero attached hydrogens (tertiary/aromatic N) is 2. The van der Waals surface area contributed by atoms with Crippen molar-refractivity contribution in [3.8, 4) is 21.8 Å². The van der Waals surface area contributed by atoms with Crippen molar-refractivity contribution in [3.05, 3.63) is 57.6 Å². The lowest BCUT2D eigenvalue weighted by Gasteiger charge is -2.12. The number of hydrogen-bond acceptors (Lipinski definition) is 4. The highest BCUT2D eigenvalue weighted by Gasteiger charge is 2.14. The van der Waals surface area contributed by atoms with Crippen molar-refractivity contribution in [2.45, 2.75) is 33.1 Å². The van der Waals surface area contributed by atoms with Gasteiger partial charge in [0.25, 0.3) is 5.56 Å². The maximum absolute atomic E-state index is 12.4. The first kappa shape index (κ1) is 15.6. The van der Waals surface area contributed by atoms with Crippen LogP contribution in [0.1, 0.15) is 37.9 Å². The zero-order chi connectivity index (χ0) is 16.4. The Balaban J connectivity index is 2.08. The summed E-state index contributed by atoms with van der Waals surface area (Å²) in [5, 5.41) is 2.84. The van der Waals surface area contributed by atoms with Gasteiger partial charge in [-0.25, -0.2) is 4.98 Å². The molecule has 0 saturated carbocycles. The first-order chi connectivity index (χ1) is 11.1. The van der Waals surface area contributed by atoms with E-state index in [0.29, 0.717) is 11.5 Å². The topological polar surface area (TPSA) is 58.6 Å². The predicted molar refractivity (Wildman–Crippen MR) is 94.9 cm³/mol. The van der Waals surface area contributed by atoms with E-state index >= 15 is 0 Å². The van der Waals surface area contributed by atoms with Crippen LogP contribution in [-0.4, -0.2) is 15.0 Å². The molecule has 5 heteroatoms. The lowest BCUT2D eigenvalue weighted by atomic mass is 9.97. The summed E-state index contributed by atoms with van der Waals surface area (Å²) in [7, 11) is 0. The average Bonchev–Trinajstić information content (AvgIpc) is 3.04. The van der Waals surface area contributed by atoms with Crippen LogP contribution in [0.3, 0.4) is 0 Å². The van der Waals surface area contributed by atoms with Gasteiger partial charge in [-0.1, -0.05) is 20.8 Å². The molecule has 0 unspecified atom stereocenters. The highest BCUT2D eigenvalue weighted by Crippen LogP contribution is 2.29. The second-order valence-electron chi connectivity index (χ2n) is 5.73. The molecule has 0 spiro atoms. The van der Waals surface area contributed by atoms with Crippen LogP contribution < -0.4 is 5.56 Å². The average molecular weight is 325 g/mol. The molecular formula is C18H19N3OS. The van der Waals surface area contributed by atoms with Crippen molar-refractivity contribution in [2.24, 2.45) is 0 Å². The molecular weight excluding hydrogens is 306 g/mol. The van der Waals surface area contributed by atoms with Gasteiger partial charge in [0.1, 0.15) is 5.01 Å². The van der Waals surface area contributed by atoms with Crippen LogP contribution in [0, 0.1) is 0 Å². The highest BCUT2D eigenvalue weighted by molar-refractivity contribution is 7.13. The number of rotatable bonds is 4. The van der Waals surface area contributed by atoms with E-state index in [-0.39, 0.29) is 5.56 Å². The van der Waals surface area contributed by atoms with Gasteiger partial charge >= 0.3 is 0 Å². The maximum atomic E-state index is 12.4. The largest absolute Gasteiger partial charge is 0.325 e. The highest BCUT2D eigenvalue weighted by atomic mass is 32.1. The summed E-state index contributed by atoms with van der Waals surface area (Å²) < 4.78 is 0. The van der Waals surface area contributed by atoms with Crippen molar-refractivity contribution < 1.29 is 0 Å². The Morgan fingerprint density at radius 1 is 1.26 bits per heavy atom. The molecule has 0 aliphatic rings. The Morgan fingerprint density at radius 3 is 2.65 bits per heavy atom. The van der Waals surface area contributed by atoms with Gasteiger partial charge < -0.3 is 4.98 Å². The van der Waals surface area contributed by atoms with E-state index in [1.54, 1.807) is 12.4 Å². The molecule has 3 aromatic rings. The number of H-pyrrole nitrogens is 1. The van der Waals surface area contributed by atoms with Gasteiger partial charge in [0, 0.05) is 29.0 Å². The minimum atomic E-state index is -0.0715. The quantitative estimate of drug-likeness (QED) is 0.780. The van der Waals surface area contributed by atoms with E-state index in [2.05, 4.69) is 35.7 Å². The van der Waals surface area contributed by atoms with Crippen LogP contribution in [0.25, 0.3) is 21.8 Å². The summed E-state index contributed by atoms with van der Waals surface area (Å²) in [4.78, 5) is 24.1. The van der Waals surface area contributed by atoms with Crippen LogP contribution in [-0.2, 0) is 6.42 Å². The number of pyridine rings is 2. The molecule has 0 bridgehead atoms.